The zero-order valence-corrected chi connectivity index (χ0v) is 12.7. The highest BCUT2D eigenvalue weighted by Gasteiger charge is 2.07. The smallest absolute Gasteiger partial charge is 0.319 e. The molecular formula is C15H16F2N4O2. The van der Waals surface area contributed by atoms with Gasteiger partial charge in [0.1, 0.15) is 0 Å². The van der Waals surface area contributed by atoms with Gasteiger partial charge in [0.2, 0.25) is 0 Å². The Balaban J connectivity index is 1.89. The number of rotatable bonds is 4. The fourth-order valence-corrected chi connectivity index (χ4v) is 1.87. The standard InChI is InChI=1S/C15H16F2N4O2/c1-9-10(2)19-8-21(14(9)22)6-5-18-15(23)20-11-3-4-12(16)13(17)7-11/h3-4,7-8H,5-6H2,1-2H3,(H2,18,20,23). The number of anilines is 1. The van der Waals surface area contributed by atoms with Crippen molar-refractivity contribution in [2.75, 3.05) is 11.9 Å². The maximum Gasteiger partial charge on any atom is 0.319 e. The molecule has 0 aliphatic carbocycles. The van der Waals surface area contributed by atoms with Gasteiger partial charge >= 0.3 is 6.03 Å². The Morgan fingerprint density at radius 2 is 2.00 bits per heavy atom. The molecule has 1 aromatic heterocycles. The van der Waals surface area contributed by atoms with Crippen molar-refractivity contribution in [2.24, 2.45) is 0 Å². The molecule has 2 amide bonds. The summed E-state index contributed by atoms with van der Waals surface area (Å²) in [4.78, 5) is 27.7. The molecule has 0 aliphatic heterocycles. The van der Waals surface area contributed by atoms with E-state index < -0.39 is 17.7 Å². The summed E-state index contributed by atoms with van der Waals surface area (Å²) in [6, 6.07) is 2.47. The topological polar surface area (TPSA) is 76.0 Å². The van der Waals surface area contributed by atoms with Crippen LogP contribution in [0, 0.1) is 25.5 Å². The van der Waals surface area contributed by atoms with Crippen LogP contribution in [-0.2, 0) is 6.54 Å². The van der Waals surface area contributed by atoms with Crippen LogP contribution < -0.4 is 16.2 Å². The summed E-state index contributed by atoms with van der Waals surface area (Å²) in [5.74, 6) is -2.03. The van der Waals surface area contributed by atoms with E-state index in [2.05, 4.69) is 15.6 Å². The van der Waals surface area contributed by atoms with Crippen LogP contribution in [-0.4, -0.2) is 22.1 Å². The molecule has 1 heterocycles. The molecule has 0 saturated heterocycles. The average molecular weight is 322 g/mol. The number of benzene rings is 1. The van der Waals surface area contributed by atoms with Gasteiger partial charge in [-0.05, 0) is 26.0 Å². The molecule has 0 bridgehead atoms. The largest absolute Gasteiger partial charge is 0.336 e. The minimum absolute atomic E-state index is 0.131. The summed E-state index contributed by atoms with van der Waals surface area (Å²) in [6.07, 6.45) is 1.42. The van der Waals surface area contributed by atoms with E-state index in [9.17, 15) is 18.4 Å². The highest BCUT2D eigenvalue weighted by Crippen LogP contribution is 2.12. The molecule has 122 valence electrons. The van der Waals surface area contributed by atoms with Gasteiger partial charge in [-0.15, -0.1) is 0 Å². The molecule has 8 heteroatoms. The molecule has 0 aliphatic rings. The van der Waals surface area contributed by atoms with Gasteiger partial charge in [-0.25, -0.2) is 18.6 Å². The Kier molecular flexibility index (Phi) is 5.05. The van der Waals surface area contributed by atoms with Gasteiger partial charge in [0.15, 0.2) is 11.6 Å². The second-order valence-corrected chi connectivity index (χ2v) is 4.96. The summed E-state index contributed by atoms with van der Waals surface area (Å²) < 4.78 is 27.2. The highest BCUT2D eigenvalue weighted by molar-refractivity contribution is 5.89. The minimum atomic E-state index is -1.05. The number of halogens is 2. The maximum absolute atomic E-state index is 13.0. The van der Waals surface area contributed by atoms with Gasteiger partial charge < -0.3 is 10.6 Å². The van der Waals surface area contributed by atoms with Crippen LogP contribution in [0.25, 0.3) is 0 Å². The van der Waals surface area contributed by atoms with E-state index >= 15 is 0 Å². The number of nitrogens with one attached hydrogen (secondary N) is 2. The lowest BCUT2D eigenvalue weighted by atomic mass is 10.3. The number of carbonyl (C=O) groups excluding carboxylic acids is 1. The number of nitrogens with zero attached hydrogens (tertiary/aromatic N) is 2. The second kappa shape index (κ2) is 6.99. The molecule has 2 N–H and O–H groups in total. The van der Waals surface area contributed by atoms with Gasteiger partial charge in [-0.3, -0.25) is 9.36 Å². The van der Waals surface area contributed by atoms with E-state index in [-0.39, 0.29) is 24.3 Å². The van der Waals surface area contributed by atoms with Crippen molar-refractivity contribution in [3.63, 3.8) is 0 Å². The first-order chi connectivity index (χ1) is 10.9. The van der Waals surface area contributed by atoms with Crippen molar-refractivity contribution in [3.8, 4) is 0 Å². The van der Waals surface area contributed by atoms with Crippen LogP contribution in [0.4, 0.5) is 19.3 Å². The lowest BCUT2D eigenvalue weighted by Gasteiger charge is -2.10. The van der Waals surface area contributed by atoms with E-state index in [0.717, 1.165) is 12.1 Å². The molecule has 6 nitrogen and oxygen atoms in total. The Hall–Kier alpha value is -2.77. The quantitative estimate of drug-likeness (QED) is 0.903. The number of amides is 2. The normalized spacial score (nSPS) is 10.4. The monoisotopic (exact) mass is 322 g/mol. The van der Waals surface area contributed by atoms with Crippen LogP contribution in [0.5, 0.6) is 0 Å². The third-order valence-electron chi connectivity index (χ3n) is 3.33. The van der Waals surface area contributed by atoms with Crippen molar-refractivity contribution < 1.29 is 13.6 Å². The zero-order chi connectivity index (χ0) is 17.0. The number of aryl methyl sites for hydroxylation is 1. The summed E-state index contributed by atoms with van der Waals surface area (Å²) in [6.45, 7) is 3.86. The Bertz CT molecular complexity index is 790. The van der Waals surface area contributed by atoms with Crippen LogP contribution in [0.15, 0.2) is 29.3 Å². The molecule has 0 saturated carbocycles. The van der Waals surface area contributed by atoms with E-state index in [0.29, 0.717) is 11.3 Å². The van der Waals surface area contributed by atoms with Gasteiger partial charge in [0.05, 0.1) is 6.33 Å². The van der Waals surface area contributed by atoms with E-state index in [1.54, 1.807) is 13.8 Å². The molecule has 2 aromatic rings. The first-order valence-electron chi connectivity index (χ1n) is 6.91. The minimum Gasteiger partial charge on any atom is -0.336 e. The fourth-order valence-electron chi connectivity index (χ4n) is 1.87. The number of hydrogen-bond donors (Lipinski definition) is 2. The van der Waals surface area contributed by atoms with Gasteiger partial charge in [0, 0.05) is 36.1 Å². The summed E-state index contributed by atoms with van der Waals surface area (Å²) in [5.41, 5.74) is 1.18. The predicted molar refractivity (Wildman–Crippen MR) is 81.4 cm³/mol. The van der Waals surface area contributed by atoms with Crippen molar-refractivity contribution >= 4 is 11.7 Å². The molecule has 0 radical (unpaired) electrons. The first-order valence-corrected chi connectivity index (χ1v) is 6.91. The molecule has 0 unspecified atom stereocenters. The van der Waals surface area contributed by atoms with Crippen LogP contribution in [0.1, 0.15) is 11.3 Å². The Morgan fingerprint density at radius 3 is 2.70 bits per heavy atom. The number of urea groups is 1. The lowest BCUT2D eigenvalue weighted by Crippen LogP contribution is -2.34. The fraction of sp³-hybridized carbons (Fsp3) is 0.267. The molecule has 0 atom stereocenters. The predicted octanol–water partition coefficient (Wildman–Crippen LogP) is 1.96. The van der Waals surface area contributed by atoms with Crippen molar-refractivity contribution in [1.82, 2.24) is 14.9 Å². The number of hydrogen-bond acceptors (Lipinski definition) is 3. The van der Waals surface area contributed by atoms with Crippen LogP contribution in [0.3, 0.4) is 0 Å². The Morgan fingerprint density at radius 1 is 1.26 bits per heavy atom. The lowest BCUT2D eigenvalue weighted by molar-refractivity contribution is 0.251. The molecule has 1 aromatic carbocycles. The third kappa shape index (κ3) is 4.12. The average Bonchev–Trinajstić information content (AvgIpc) is 2.51. The number of aromatic nitrogens is 2. The molecule has 0 fully saturated rings. The molecule has 2 rings (SSSR count). The summed E-state index contributed by atoms with van der Waals surface area (Å²) in [7, 11) is 0. The van der Waals surface area contributed by atoms with Crippen molar-refractivity contribution in [1.29, 1.82) is 0 Å². The number of carbonyl (C=O) groups is 1. The van der Waals surface area contributed by atoms with Crippen molar-refractivity contribution in [2.45, 2.75) is 20.4 Å². The van der Waals surface area contributed by atoms with Gasteiger partial charge in [-0.2, -0.15) is 0 Å². The molecule has 23 heavy (non-hydrogen) atoms. The maximum atomic E-state index is 13.0. The molecular weight excluding hydrogens is 306 g/mol. The summed E-state index contributed by atoms with van der Waals surface area (Å²) in [5, 5.41) is 4.89. The van der Waals surface area contributed by atoms with Crippen LogP contribution in [0.2, 0.25) is 0 Å². The first kappa shape index (κ1) is 16.6. The summed E-state index contributed by atoms with van der Waals surface area (Å²) >= 11 is 0. The van der Waals surface area contributed by atoms with E-state index in [1.807, 2.05) is 0 Å². The molecule has 0 spiro atoms. The highest BCUT2D eigenvalue weighted by atomic mass is 19.2. The van der Waals surface area contributed by atoms with Gasteiger partial charge in [0.25, 0.3) is 5.56 Å². The van der Waals surface area contributed by atoms with Gasteiger partial charge in [-0.1, -0.05) is 0 Å². The third-order valence-corrected chi connectivity index (χ3v) is 3.33. The zero-order valence-electron chi connectivity index (χ0n) is 12.7. The Labute approximate surface area is 131 Å². The van der Waals surface area contributed by atoms with Crippen LogP contribution >= 0.6 is 0 Å². The van der Waals surface area contributed by atoms with Crippen molar-refractivity contribution in [3.05, 3.63) is 57.8 Å². The van der Waals surface area contributed by atoms with E-state index in [1.165, 1.54) is 17.0 Å². The van der Waals surface area contributed by atoms with E-state index in [4.69, 9.17) is 0 Å². The second-order valence-electron chi connectivity index (χ2n) is 4.96. The SMILES string of the molecule is Cc1ncn(CCNC(=O)Nc2ccc(F)c(F)c2)c(=O)c1C.